The fourth-order valence-electron chi connectivity index (χ4n) is 3.29. The maximum atomic E-state index is 13.7. The number of rotatable bonds is 5. The molecule has 1 atom stereocenters. The number of hydrogen-bond acceptors (Lipinski definition) is 4. The third kappa shape index (κ3) is 4.33. The average Bonchev–Trinajstić information content (AvgIpc) is 2.74. The third-order valence-corrected chi connectivity index (χ3v) is 5.10. The first kappa shape index (κ1) is 20.0. The van der Waals surface area contributed by atoms with Gasteiger partial charge in [0.2, 0.25) is 0 Å². The van der Waals surface area contributed by atoms with Crippen LogP contribution in [0.5, 0.6) is 11.5 Å². The van der Waals surface area contributed by atoms with Crippen molar-refractivity contribution in [3.63, 3.8) is 0 Å². The summed E-state index contributed by atoms with van der Waals surface area (Å²) >= 11 is 6.27. The summed E-state index contributed by atoms with van der Waals surface area (Å²) in [5.74, 6) is 0.331. The Morgan fingerprint density at radius 2 is 1.97 bits per heavy atom. The Morgan fingerprint density at radius 1 is 1.20 bits per heavy atom. The topological polar surface area (TPSA) is 50.8 Å². The number of hydrogen-bond donors (Lipinski definition) is 1. The number of carbonyl (C=O) groups excluding carboxylic acids is 1. The van der Waals surface area contributed by atoms with E-state index in [1.807, 2.05) is 31.3 Å². The first-order valence-corrected chi connectivity index (χ1v) is 9.84. The molecule has 1 heterocycles. The van der Waals surface area contributed by atoms with Gasteiger partial charge >= 0.3 is 0 Å². The van der Waals surface area contributed by atoms with Crippen LogP contribution < -0.4 is 19.7 Å². The molecule has 0 aliphatic carbocycles. The molecule has 3 aromatic carbocycles. The molecule has 0 spiro atoms. The normalized spacial score (nSPS) is 15.2. The Balaban J connectivity index is 1.39. The van der Waals surface area contributed by atoms with E-state index in [0.717, 1.165) is 11.4 Å². The molecule has 5 nitrogen and oxygen atoms in total. The lowest BCUT2D eigenvalue weighted by molar-refractivity contribution is 0.102. The van der Waals surface area contributed by atoms with E-state index in [1.54, 1.807) is 30.3 Å². The number of likely N-dealkylation sites (N-methyl/N-ethyl adjacent to an activating group) is 1. The molecule has 30 heavy (non-hydrogen) atoms. The van der Waals surface area contributed by atoms with Crippen LogP contribution in [-0.2, 0) is 0 Å². The Labute approximate surface area is 179 Å². The number of carbonyl (C=O) groups is 1. The van der Waals surface area contributed by atoms with Crippen LogP contribution in [0, 0.1) is 5.82 Å². The molecule has 0 radical (unpaired) electrons. The summed E-state index contributed by atoms with van der Waals surface area (Å²) in [6.07, 6.45) is -0.146. The van der Waals surface area contributed by atoms with Crippen molar-refractivity contribution < 1.29 is 18.7 Å². The largest absolute Gasteiger partial charge is 0.490 e. The van der Waals surface area contributed by atoms with Crippen LogP contribution in [0.25, 0.3) is 0 Å². The molecule has 0 saturated carbocycles. The number of nitrogens with one attached hydrogen (secondary N) is 1. The molecule has 1 N–H and O–H groups in total. The van der Waals surface area contributed by atoms with Crippen molar-refractivity contribution in [1.82, 2.24) is 0 Å². The third-order valence-electron chi connectivity index (χ3n) is 4.79. The zero-order valence-corrected chi connectivity index (χ0v) is 17.0. The van der Waals surface area contributed by atoms with Crippen molar-refractivity contribution >= 4 is 28.9 Å². The monoisotopic (exact) mass is 426 g/mol. The van der Waals surface area contributed by atoms with Crippen molar-refractivity contribution in [2.45, 2.75) is 6.10 Å². The van der Waals surface area contributed by atoms with E-state index in [4.69, 9.17) is 21.1 Å². The summed E-state index contributed by atoms with van der Waals surface area (Å²) < 4.78 is 25.6. The van der Waals surface area contributed by atoms with Crippen LogP contribution in [-0.4, -0.2) is 32.2 Å². The fourth-order valence-corrected chi connectivity index (χ4v) is 3.55. The van der Waals surface area contributed by atoms with Crippen LogP contribution in [0.1, 0.15) is 10.4 Å². The number of para-hydroxylation sites is 3. The highest BCUT2D eigenvalue weighted by molar-refractivity contribution is 6.34. The van der Waals surface area contributed by atoms with Gasteiger partial charge in [-0.05, 0) is 42.5 Å². The summed E-state index contributed by atoms with van der Waals surface area (Å²) in [5, 5.41) is 2.74. The maximum Gasteiger partial charge on any atom is 0.257 e. The van der Waals surface area contributed by atoms with Gasteiger partial charge in [0, 0.05) is 7.05 Å². The lowest BCUT2D eigenvalue weighted by atomic mass is 10.2. The van der Waals surface area contributed by atoms with Gasteiger partial charge in [-0.15, -0.1) is 0 Å². The van der Waals surface area contributed by atoms with Crippen molar-refractivity contribution in [1.29, 1.82) is 0 Å². The van der Waals surface area contributed by atoms with Gasteiger partial charge in [-0.3, -0.25) is 4.79 Å². The standard InChI is InChI=1S/C23H20ClFN2O3/c1-27-13-16(30-22-9-5-4-8-21(22)27)14-29-15-10-11-17(18(24)12-15)23(28)26-20-7-3-2-6-19(20)25/h2-12,16H,13-14H2,1H3,(H,26,28)/t16-/m0/s1. The summed E-state index contributed by atoms with van der Waals surface area (Å²) in [7, 11) is 2.01. The van der Waals surface area contributed by atoms with E-state index in [0.29, 0.717) is 18.9 Å². The number of amides is 1. The molecule has 1 aliphatic rings. The molecular formula is C23H20ClFN2O3. The highest BCUT2D eigenvalue weighted by atomic mass is 35.5. The quantitative estimate of drug-likeness (QED) is 0.623. The first-order chi connectivity index (χ1) is 14.5. The van der Waals surface area contributed by atoms with Gasteiger partial charge in [-0.1, -0.05) is 35.9 Å². The van der Waals surface area contributed by atoms with Gasteiger partial charge in [-0.2, -0.15) is 0 Å². The average molecular weight is 427 g/mol. The first-order valence-electron chi connectivity index (χ1n) is 9.46. The van der Waals surface area contributed by atoms with Gasteiger partial charge < -0.3 is 19.7 Å². The Hall–Kier alpha value is -3.25. The second-order valence-corrected chi connectivity index (χ2v) is 7.38. The fraction of sp³-hybridized carbons (Fsp3) is 0.174. The van der Waals surface area contributed by atoms with Crippen LogP contribution in [0.15, 0.2) is 66.7 Å². The van der Waals surface area contributed by atoms with Crippen LogP contribution in [0.3, 0.4) is 0 Å². The Kier molecular flexibility index (Phi) is 5.77. The molecule has 3 aromatic rings. The van der Waals surface area contributed by atoms with Crippen molar-refractivity contribution in [2.24, 2.45) is 0 Å². The molecule has 4 rings (SSSR count). The highest BCUT2D eigenvalue weighted by Crippen LogP contribution is 2.32. The highest BCUT2D eigenvalue weighted by Gasteiger charge is 2.23. The minimum Gasteiger partial charge on any atom is -0.490 e. The number of ether oxygens (including phenoxy) is 2. The summed E-state index contributed by atoms with van der Waals surface area (Å²) in [6.45, 7) is 1.02. The second-order valence-electron chi connectivity index (χ2n) is 6.97. The van der Waals surface area contributed by atoms with Crippen LogP contribution in [0.2, 0.25) is 5.02 Å². The predicted molar refractivity (Wildman–Crippen MR) is 115 cm³/mol. The minimum absolute atomic E-state index is 0.0951. The number of fused-ring (bicyclic) bond motifs is 1. The number of halogens is 2. The van der Waals surface area contributed by atoms with Gasteiger partial charge in [0.25, 0.3) is 5.91 Å². The molecule has 1 amide bonds. The van der Waals surface area contributed by atoms with Crippen molar-refractivity contribution in [2.75, 3.05) is 30.4 Å². The minimum atomic E-state index is -0.513. The van der Waals surface area contributed by atoms with E-state index in [-0.39, 0.29) is 22.4 Å². The lowest BCUT2D eigenvalue weighted by Gasteiger charge is -2.33. The van der Waals surface area contributed by atoms with Crippen molar-refractivity contribution in [3.8, 4) is 11.5 Å². The van der Waals surface area contributed by atoms with E-state index < -0.39 is 11.7 Å². The SMILES string of the molecule is CN1C[C@@H](COc2ccc(C(=O)Nc3ccccc3F)c(Cl)c2)Oc2ccccc21. The Bertz CT molecular complexity index is 1080. The second kappa shape index (κ2) is 8.63. The van der Waals surface area contributed by atoms with Crippen molar-refractivity contribution in [3.05, 3.63) is 83.1 Å². The summed E-state index contributed by atoms with van der Waals surface area (Å²) in [6, 6.07) is 18.6. The van der Waals surface area contributed by atoms with Crippen LogP contribution >= 0.6 is 11.6 Å². The van der Waals surface area contributed by atoms with Crippen LogP contribution in [0.4, 0.5) is 15.8 Å². The molecule has 0 fully saturated rings. The summed E-state index contributed by atoms with van der Waals surface area (Å²) in [4.78, 5) is 14.5. The smallest absolute Gasteiger partial charge is 0.257 e. The van der Waals surface area contributed by atoms with E-state index >= 15 is 0 Å². The lowest BCUT2D eigenvalue weighted by Crippen LogP contribution is -2.41. The maximum absolute atomic E-state index is 13.7. The number of nitrogens with zero attached hydrogens (tertiary/aromatic N) is 1. The zero-order chi connectivity index (χ0) is 21.1. The Morgan fingerprint density at radius 3 is 2.77 bits per heavy atom. The van der Waals surface area contributed by atoms with Gasteiger partial charge in [0.1, 0.15) is 30.0 Å². The number of benzene rings is 3. The van der Waals surface area contributed by atoms with Gasteiger partial charge in [-0.25, -0.2) is 4.39 Å². The molecule has 154 valence electrons. The van der Waals surface area contributed by atoms with E-state index in [1.165, 1.54) is 12.1 Å². The molecular weight excluding hydrogens is 407 g/mol. The molecule has 0 bridgehead atoms. The zero-order valence-electron chi connectivity index (χ0n) is 16.3. The van der Waals surface area contributed by atoms with E-state index in [2.05, 4.69) is 10.2 Å². The molecule has 0 aromatic heterocycles. The van der Waals surface area contributed by atoms with E-state index in [9.17, 15) is 9.18 Å². The summed E-state index contributed by atoms with van der Waals surface area (Å²) in [5.41, 5.74) is 1.37. The molecule has 0 saturated heterocycles. The van der Waals surface area contributed by atoms with Gasteiger partial charge in [0.05, 0.1) is 28.5 Å². The molecule has 0 unspecified atom stereocenters. The molecule has 1 aliphatic heterocycles. The predicted octanol–water partition coefficient (Wildman–Crippen LogP) is 5.01. The number of anilines is 2. The molecule has 7 heteroatoms. The van der Waals surface area contributed by atoms with Gasteiger partial charge in [0.15, 0.2) is 0 Å².